The molecule has 0 bridgehead atoms. The number of aliphatic hydroxyl groups is 1. The van der Waals surface area contributed by atoms with Crippen LogP contribution in [0.5, 0.6) is 0 Å². The van der Waals surface area contributed by atoms with Crippen LogP contribution in [0.2, 0.25) is 0 Å². The van der Waals surface area contributed by atoms with Gasteiger partial charge in [-0.1, -0.05) is 37.6 Å². The zero-order valence-corrected chi connectivity index (χ0v) is 7.29. The van der Waals surface area contributed by atoms with E-state index in [1.807, 2.05) is 6.08 Å². The van der Waals surface area contributed by atoms with Crippen molar-refractivity contribution in [1.29, 1.82) is 0 Å². The standard InChI is InChI=1S/C10H18O/c1-2-3-4-5-6-7-8-9-10-11/h4-5,7-8,11H,2-3,6,9-10H2,1H3/b5-4-,8-7-. The molecule has 0 fully saturated rings. The Hall–Kier alpha value is -0.560. The van der Waals surface area contributed by atoms with E-state index in [1.165, 1.54) is 12.8 Å². The highest BCUT2D eigenvalue weighted by Gasteiger charge is 1.74. The van der Waals surface area contributed by atoms with Gasteiger partial charge in [0.1, 0.15) is 0 Å². The first-order valence-corrected chi connectivity index (χ1v) is 4.32. The van der Waals surface area contributed by atoms with E-state index in [0.717, 1.165) is 12.8 Å². The number of hydrogen-bond donors (Lipinski definition) is 1. The maximum absolute atomic E-state index is 8.44. The fraction of sp³-hybridized carbons (Fsp3) is 0.600. The Morgan fingerprint density at radius 1 is 1.00 bits per heavy atom. The van der Waals surface area contributed by atoms with Crippen LogP contribution in [0.4, 0.5) is 0 Å². The van der Waals surface area contributed by atoms with Gasteiger partial charge in [-0.2, -0.15) is 0 Å². The second-order valence-corrected chi connectivity index (χ2v) is 2.48. The van der Waals surface area contributed by atoms with Gasteiger partial charge >= 0.3 is 0 Å². The Labute approximate surface area is 69.4 Å². The number of unbranched alkanes of at least 4 members (excludes halogenated alkanes) is 1. The first-order chi connectivity index (χ1) is 5.41. The van der Waals surface area contributed by atoms with Crippen LogP contribution in [0, 0.1) is 0 Å². The van der Waals surface area contributed by atoms with E-state index >= 15 is 0 Å². The Bertz CT molecular complexity index is 100. The van der Waals surface area contributed by atoms with E-state index in [4.69, 9.17) is 5.11 Å². The molecule has 0 amide bonds. The molecule has 0 aliphatic carbocycles. The molecule has 0 spiro atoms. The predicted octanol–water partition coefficient (Wildman–Crippen LogP) is 2.67. The van der Waals surface area contributed by atoms with Crippen molar-refractivity contribution in [3.63, 3.8) is 0 Å². The quantitative estimate of drug-likeness (QED) is 0.583. The van der Waals surface area contributed by atoms with Gasteiger partial charge < -0.3 is 5.11 Å². The third-order valence-electron chi connectivity index (χ3n) is 1.36. The Morgan fingerprint density at radius 3 is 2.18 bits per heavy atom. The lowest BCUT2D eigenvalue weighted by Gasteiger charge is -1.84. The number of allylic oxidation sites excluding steroid dienone is 3. The normalized spacial score (nSPS) is 11.8. The molecule has 0 saturated carbocycles. The lowest BCUT2D eigenvalue weighted by molar-refractivity contribution is 0.302. The molecule has 0 rings (SSSR count). The molecule has 0 aliphatic heterocycles. The van der Waals surface area contributed by atoms with Gasteiger partial charge in [-0.25, -0.2) is 0 Å². The highest BCUT2D eigenvalue weighted by Crippen LogP contribution is 1.92. The zero-order chi connectivity index (χ0) is 8.36. The summed E-state index contributed by atoms with van der Waals surface area (Å²) in [5, 5.41) is 8.44. The van der Waals surface area contributed by atoms with Gasteiger partial charge in [0.15, 0.2) is 0 Å². The number of aliphatic hydroxyl groups excluding tert-OH is 1. The van der Waals surface area contributed by atoms with Gasteiger partial charge in [0.2, 0.25) is 0 Å². The predicted molar refractivity (Wildman–Crippen MR) is 49.5 cm³/mol. The van der Waals surface area contributed by atoms with Crippen molar-refractivity contribution in [2.45, 2.75) is 32.6 Å². The number of rotatable bonds is 6. The van der Waals surface area contributed by atoms with Gasteiger partial charge in [0.05, 0.1) is 0 Å². The highest BCUT2D eigenvalue weighted by atomic mass is 16.2. The second-order valence-electron chi connectivity index (χ2n) is 2.48. The van der Waals surface area contributed by atoms with Crippen LogP contribution in [-0.2, 0) is 0 Å². The van der Waals surface area contributed by atoms with E-state index in [2.05, 4.69) is 25.2 Å². The van der Waals surface area contributed by atoms with Gasteiger partial charge in [-0.3, -0.25) is 0 Å². The van der Waals surface area contributed by atoms with Gasteiger partial charge in [-0.15, -0.1) is 0 Å². The van der Waals surface area contributed by atoms with Crippen molar-refractivity contribution in [3.05, 3.63) is 24.3 Å². The molecule has 1 nitrogen and oxygen atoms in total. The van der Waals surface area contributed by atoms with Crippen LogP contribution < -0.4 is 0 Å². The third-order valence-corrected chi connectivity index (χ3v) is 1.36. The summed E-state index contributed by atoms with van der Waals surface area (Å²) in [4.78, 5) is 0. The molecule has 0 radical (unpaired) electrons. The van der Waals surface area contributed by atoms with E-state index in [-0.39, 0.29) is 6.61 Å². The minimum atomic E-state index is 0.259. The Morgan fingerprint density at radius 2 is 1.64 bits per heavy atom. The summed E-state index contributed by atoms with van der Waals surface area (Å²) >= 11 is 0. The van der Waals surface area contributed by atoms with E-state index in [1.54, 1.807) is 0 Å². The lowest BCUT2D eigenvalue weighted by atomic mass is 10.2. The van der Waals surface area contributed by atoms with Crippen molar-refractivity contribution >= 4 is 0 Å². The molecule has 64 valence electrons. The first-order valence-electron chi connectivity index (χ1n) is 4.32. The molecule has 0 atom stereocenters. The van der Waals surface area contributed by atoms with Gasteiger partial charge in [-0.05, 0) is 19.3 Å². The average Bonchev–Trinajstić information content (AvgIpc) is 2.03. The number of hydrogen-bond acceptors (Lipinski definition) is 1. The van der Waals surface area contributed by atoms with Crippen molar-refractivity contribution in [3.8, 4) is 0 Å². The zero-order valence-electron chi connectivity index (χ0n) is 7.29. The molecule has 1 N–H and O–H groups in total. The summed E-state index contributed by atoms with van der Waals surface area (Å²) < 4.78 is 0. The minimum Gasteiger partial charge on any atom is -0.396 e. The summed E-state index contributed by atoms with van der Waals surface area (Å²) in [7, 11) is 0. The largest absolute Gasteiger partial charge is 0.396 e. The van der Waals surface area contributed by atoms with E-state index < -0.39 is 0 Å². The topological polar surface area (TPSA) is 20.2 Å². The molecule has 0 unspecified atom stereocenters. The molecule has 0 aliphatic rings. The van der Waals surface area contributed by atoms with Crippen LogP contribution in [-0.4, -0.2) is 11.7 Å². The van der Waals surface area contributed by atoms with Crippen LogP contribution in [0.15, 0.2) is 24.3 Å². The fourth-order valence-corrected chi connectivity index (χ4v) is 0.748. The van der Waals surface area contributed by atoms with Crippen molar-refractivity contribution in [2.75, 3.05) is 6.61 Å². The molecule has 1 heteroatoms. The first kappa shape index (κ1) is 10.4. The van der Waals surface area contributed by atoms with Crippen LogP contribution in [0.1, 0.15) is 32.6 Å². The maximum Gasteiger partial charge on any atom is 0.0465 e. The second kappa shape index (κ2) is 9.44. The highest BCUT2D eigenvalue weighted by molar-refractivity contribution is 4.92. The summed E-state index contributed by atoms with van der Waals surface area (Å²) in [5.74, 6) is 0. The van der Waals surface area contributed by atoms with E-state index in [0.29, 0.717) is 0 Å². The van der Waals surface area contributed by atoms with Crippen LogP contribution >= 0.6 is 0 Å². The van der Waals surface area contributed by atoms with Crippen molar-refractivity contribution in [2.24, 2.45) is 0 Å². The molecule has 0 aromatic heterocycles. The van der Waals surface area contributed by atoms with Crippen molar-refractivity contribution in [1.82, 2.24) is 0 Å². The van der Waals surface area contributed by atoms with E-state index in [9.17, 15) is 0 Å². The smallest absolute Gasteiger partial charge is 0.0465 e. The molecule has 0 heterocycles. The monoisotopic (exact) mass is 154 g/mol. The SMILES string of the molecule is CCC/C=C\C/C=C\CCO. The summed E-state index contributed by atoms with van der Waals surface area (Å²) in [6.45, 7) is 2.43. The third kappa shape index (κ3) is 9.44. The minimum absolute atomic E-state index is 0.259. The summed E-state index contributed by atoms with van der Waals surface area (Å²) in [6.07, 6.45) is 12.6. The Balaban J connectivity index is 3.11. The molecular formula is C10H18O. The molecule has 0 aromatic rings. The average molecular weight is 154 g/mol. The van der Waals surface area contributed by atoms with Gasteiger partial charge in [0.25, 0.3) is 0 Å². The molecule has 11 heavy (non-hydrogen) atoms. The van der Waals surface area contributed by atoms with Gasteiger partial charge in [0, 0.05) is 6.61 Å². The van der Waals surface area contributed by atoms with Crippen LogP contribution in [0.3, 0.4) is 0 Å². The molecule has 0 aromatic carbocycles. The lowest BCUT2D eigenvalue weighted by Crippen LogP contribution is -1.74. The maximum atomic E-state index is 8.44. The fourth-order valence-electron chi connectivity index (χ4n) is 0.748. The summed E-state index contributed by atoms with van der Waals surface area (Å²) in [5.41, 5.74) is 0. The molecular weight excluding hydrogens is 136 g/mol. The summed E-state index contributed by atoms with van der Waals surface area (Å²) in [6, 6.07) is 0. The van der Waals surface area contributed by atoms with Crippen molar-refractivity contribution < 1.29 is 5.11 Å². The van der Waals surface area contributed by atoms with Crippen LogP contribution in [0.25, 0.3) is 0 Å². The molecule has 0 saturated heterocycles. The Kier molecular flexibility index (Phi) is 8.96.